The minimum absolute atomic E-state index is 0.654. The molecule has 1 nitrogen and oxygen atoms in total. The lowest BCUT2D eigenvalue weighted by atomic mass is 10.1. The largest absolute Gasteiger partial charge is 0.306 e. The zero-order valence-electron chi connectivity index (χ0n) is 12.7. The van der Waals surface area contributed by atoms with Crippen LogP contribution < -0.4 is 0 Å². The van der Waals surface area contributed by atoms with Crippen LogP contribution in [0, 0.1) is 26.2 Å². The van der Waals surface area contributed by atoms with Crippen molar-refractivity contribution in [1.82, 2.24) is 0 Å². The maximum atomic E-state index is 7.13. The second-order valence-electron chi connectivity index (χ2n) is 5.01. The number of hydrogen-bond donors (Lipinski definition) is 1. The summed E-state index contributed by atoms with van der Waals surface area (Å²) >= 11 is 0. The Labute approximate surface area is 112 Å². The molecule has 0 fully saturated rings. The second-order valence-corrected chi connectivity index (χ2v) is 5.01. The number of rotatable bonds is 3. The van der Waals surface area contributed by atoms with E-state index in [1.54, 1.807) is 6.92 Å². The lowest BCUT2D eigenvalue weighted by Gasteiger charge is -1.98. The number of hydrogen-bond acceptors (Lipinski definition) is 1. The molecule has 0 bridgehead atoms. The number of allylic oxidation sites excluding steroid dienone is 2. The van der Waals surface area contributed by atoms with Crippen molar-refractivity contribution >= 4 is 5.71 Å². The normalized spacial score (nSPS) is 10.7. The smallest absolute Gasteiger partial charge is 0.0282 e. The van der Waals surface area contributed by atoms with Crippen molar-refractivity contribution in [3.05, 3.63) is 46.5 Å². The molecule has 1 heteroatoms. The second kappa shape index (κ2) is 8.68. The average molecular weight is 245 g/mol. The maximum Gasteiger partial charge on any atom is 0.0282 e. The summed E-state index contributed by atoms with van der Waals surface area (Å²) in [5, 5.41) is 7.13. The summed E-state index contributed by atoms with van der Waals surface area (Å²) < 4.78 is 0. The molecule has 0 aliphatic heterocycles. The van der Waals surface area contributed by atoms with Crippen LogP contribution >= 0.6 is 0 Å². The maximum absolute atomic E-state index is 7.13. The Balaban J connectivity index is 0.000000321. The van der Waals surface area contributed by atoms with E-state index in [1.807, 2.05) is 6.08 Å². The molecule has 0 aromatic heterocycles. The molecule has 0 atom stereocenters. The summed E-state index contributed by atoms with van der Waals surface area (Å²) in [4.78, 5) is 0. The molecule has 0 spiro atoms. The lowest BCUT2D eigenvalue weighted by molar-refractivity contribution is 0.906. The molecule has 1 aromatic carbocycles. The highest BCUT2D eigenvalue weighted by Gasteiger charge is 1.89. The van der Waals surface area contributed by atoms with Crippen LogP contribution in [-0.4, -0.2) is 5.71 Å². The predicted octanol–water partition coefficient (Wildman–Crippen LogP) is 5.38. The van der Waals surface area contributed by atoms with Crippen LogP contribution in [0.2, 0.25) is 0 Å². The van der Waals surface area contributed by atoms with Gasteiger partial charge in [0.1, 0.15) is 0 Å². The fraction of sp³-hybridized carbons (Fsp3) is 0.471. The Bertz CT molecular complexity index is 414. The van der Waals surface area contributed by atoms with Crippen LogP contribution in [0.25, 0.3) is 0 Å². The van der Waals surface area contributed by atoms with Crippen molar-refractivity contribution in [3.8, 4) is 0 Å². The van der Waals surface area contributed by atoms with Crippen LogP contribution in [0.1, 0.15) is 50.3 Å². The highest BCUT2D eigenvalue weighted by atomic mass is 14.4. The van der Waals surface area contributed by atoms with Gasteiger partial charge in [0, 0.05) is 5.71 Å². The van der Waals surface area contributed by atoms with Crippen molar-refractivity contribution < 1.29 is 0 Å². The van der Waals surface area contributed by atoms with E-state index in [-0.39, 0.29) is 0 Å². The predicted molar refractivity (Wildman–Crippen MR) is 82.7 cm³/mol. The molecule has 1 aromatic rings. The molecular weight excluding hydrogens is 218 g/mol. The van der Waals surface area contributed by atoms with Gasteiger partial charge in [0.25, 0.3) is 0 Å². The zero-order chi connectivity index (χ0) is 14.1. The van der Waals surface area contributed by atoms with E-state index in [0.717, 1.165) is 6.42 Å². The van der Waals surface area contributed by atoms with Gasteiger partial charge in [-0.25, -0.2) is 0 Å². The first kappa shape index (κ1) is 16.6. The quantitative estimate of drug-likeness (QED) is 0.691. The Morgan fingerprint density at radius 1 is 1.11 bits per heavy atom. The molecule has 0 aliphatic rings. The molecule has 1 rings (SSSR count). The highest BCUT2D eigenvalue weighted by Crippen LogP contribution is 2.07. The van der Waals surface area contributed by atoms with Gasteiger partial charge in [-0.2, -0.15) is 0 Å². The van der Waals surface area contributed by atoms with Gasteiger partial charge in [-0.3, -0.25) is 0 Å². The molecule has 100 valence electrons. The van der Waals surface area contributed by atoms with E-state index in [1.165, 1.54) is 28.7 Å². The zero-order valence-corrected chi connectivity index (χ0v) is 12.7. The van der Waals surface area contributed by atoms with E-state index in [4.69, 9.17) is 5.41 Å². The van der Waals surface area contributed by atoms with Crippen LogP contribution in [0.3, 0.4) is 0 Å². The molecule has 0 aliphatic carbocycles. The molecule has 0 amide bonds. The van der Waals surface area contributed by atoms with Crippen molar-refractivity contribution in [2.24, 2.45) is 0 Å². The molecule has 1 N–H and O–H groups in total. The van der Waals surface area contributed by atoms with Crippen molar-refractivity contribution in [1.29, 1.82) is 5.41 Å². The fourth-order valence-corrected chi connectivity index (χ4v) is 1.73. The van der Waals surface area contributed by atoms with Crippen LogP contribution in [0.4, 0.5) is 0 Å². The van der Waals surface area contributed by atoms with Gasteiger partial charge in [0.05, 0.1) is 0 Å². The van der Waals surface area contributed by atoms with Gasteiger partial charge in [0.2, 0.25) is 0 Å². The van der Waals surface area contributed by atoms with E-state index in [2.05, 4.69) is 52.8 Å². The van der Waals surface area contributed by atoms with Crippen LogP contribution in [0.15, 0.2) is 29.8 Å². The Morgan fingerprint density at radius 2 is 1.72 bits per heavy atom. The van der Waals surface area contributed by atoms with E-state index in [0.29, 0.717) is 5.71 Å². The molecule has 0 radical (unpaired) electrons. The highest BCUT2D eigenvalue weighted by molar-refractivity contribution is 5.90. The molecule has 0 unspecified atom stereocenters. The Morgan fingerprint density at radius 3 is 2.11 bits per heavy atom. The van der Waals surface area contributed by atoms with Crippen molar-refractivity contribution in [2.45, 2.75) is 54.4 Å². The SMILES string of the molecule is CCC/C(C)=C\C(C)=N.Cc1ccc(C)c(C)c1. The Hall–Kier alpha value is -1.37. The summed E-state index contributed by atoms with van der Waals surface area (Å²) in [7, 11) is 0. The first-order valence-corrected chi connectivity index (χ1v) is 6.63. The van der Waals surface area contributed by atoms with Crippen LogP contribution in [0.5, 0.6) is 0 Å². The van der Waals surface area contributed by atoms with E-state index in [9.17, 15) is 0 Å². The topological polar surface area (TPSA) is 23.9 Å². The summed E-state index contributed by atoms with van der Waals surface area (Å²) in [5.74, 6) is 0. The summed E-state index contributed by atoms with van der Waals surface area (Å²) in [5.41, 5.74) is 6.07. The summed E-state index contributed by atoms with van der Waals surface area (Å²) in [6.07, 6.45) is 4.22. The monoisotopic (exact) mass is 245 g/mol. The lowest BCUT2D eigenvalue weighted by Crippen LogP contribution is -1.83. The van der Waals surface area contributed by atoms with Gasteiger partial charge >= 0.3 is 0 Å². The third-order valence-corrected chi connectivity index (χ3v) is 2.77. The first-order chi connectivity index (χ1) is 8.36. The summed E-state index contributed by atoms with van der Waals surface area (Å²) in [6.45, 7) is 12.4. The summed E-state index contributed by atoms with van der Waals surface area (Å²) in [6, 6.07) is 6.50. The third kappa shape index (κ3) is 7.83. The van der Waals surface area contributed by atoms with Crippen molar-refractivity contribution in [2.75, 3.05) is 0 Å². The van der Waals surface area contributed by atoms with Gasteiger partial charge < -0.3 is 5.41 Å². The average Bonchev–Trinajstić information content (AvgIpc) is 2.24. The van der Waals surface area contributed by atoms with Gasteiger partial charge in [0.15, 0.2) is 0 Å². The fourth-order valence-electron chi connectivity index (χ4n) is 1.73. The van der Waals surface area contributed by atoms with E-state index >= 15 is 0 Å². The number of aryl methyl sites for hydroxylation is 3. The van der Waals surface area contributed by atoms with Gasteiger partial charge in [-0.05, 0) is 58.2 Å². The number of benzene rings is 1. The molecular formula is C17H27N. The molecule has 0 saturated carbocycles. The molecule has 18 heavy (non-hydrogen) atoms. The minimum Gasteiger partial charge on any atom is -0.306 e. The van der Waals surface area contributed by atoms with E-state index < -0.39 is 0 Å². The standard InChI is InChI=1S/C9H12.C8H15N/c1-7-4-5-8(2)9(3)6-7;1-4-5-7(2)6-8(3)9/h4-6H,1-3H3;6,9H,4-5H2,1-3H3/b;7-6-,9-8?. The Kier molecular flexibility index (Phi) is 8.02. The van der Waals surface area contributed by atoms with Gasteiger partial charge in [-0.15, -0.1) is 0 Å². The van der Waals surface area contributed by atoms with Gasteiger partial charge in [-0.1, -0.05) is 42.7 Å². The van der Waals surface area contributed by atoms with Crippen molar-refractivity contribution in [3.63, 3.8) is 0 Å². The number of nitrogens with one attached hydrogen (secondary N) is 1. The third-order valence-electron chi connectivity index (χ3n) is 2.77. The molecule has 0 saturated heterocycles. The first-order valence-electron chi connectivity index (χ1n) is 6.63. The minimum atomic E-state index is 0.654. The molecule has 0 heterocycles. The van der Waals surface area contributed by atoms with Crippen LogP contribution in [-0.2, 0) is 0 Å².